The van der Waals surface area contributed by atoms with Crippen LogP contribution in [0.25, 0.3) is 21.9 Å². The highest BCUT2D eigenvalue weighted by Gasteiger charge is 2.16. The fraction of sp³-hybridized carbons (Fsp3) is 0.143. The molecule has 0 aliphatic heterocycles. The zero-order chi connectivity index (χ0) is 17.9. The Balaban J connectivity index is 1.38. The van der Waals surface area contributed by atoms with Crippen LogP contribution in [0.3, 0.4) is 0 Å². The van der Waals surface area contributed by atoms with Crippen LogP contribution >= 0.6 is 0 Å². The van der Waals surface area contributed by atoms with Crippen LogP contribution in [0.4, 0.5) is 0 Å². The van der Waals surface area contributed by atoms with Gasteiger partial charge in [0.05, 0.1) is 0 Å². The summed E-state index contributed by atoms with van der Waals surface area (Å²) in [6.45, 7) is 1.77. The number of ether oxygens (including phenoxy) is 1. The maximum atomic E-state index is 12.2. The van der Waals surface area contributed by atoms with Crippen LogP contribution in [0.1, 0.15) is 18.9 Å². The van der Waals surface area contributed by atoms with Crippen LogP contribution < -0.4 is 10.1 Å². The standard InChI is InChI=1S/C21H18N2O3/c1-14(21-23-18-8-4-5-9-19(18)26-21)22-20(24)13-25-17-11-10-15-6-2-3-7-16(15)12-17/h2-12,14H,13H2,1H3,(H,22,24). The molecule has 5 heteroatoms. The molecule has 1 aromatic heterocycles. The molecule has 1 N–H and O–H groups in total. The normalized spacial score (nSPS) is 12.2. The fourth-order valence-corrected chi connectivity index (χ4v) is 2.83. The Morgan fingerprint density at radius 2 is 1.85 bits per heavy atom. The highest BCUT2D eigenvalue weighted by atomic mass is 16.5. The van der Waals surface area contributed by atoms with E-state index >= 15 is 0 Å². The van der Waals surface area contributed by atoms with Crippen LogP contribution in [0.15, 0.2) is 71.1 Å². The summed E-state index contributed by atoms with van der Waals surface area (Å²) in [5, 5.41) is 5.05. The molecule has 0 aliphatic rings. The van der Waals surface area contributed by atoms with Gasteiger partial charge in [-0.3, -0.25) is 4.79 Å². The van der Waals surface area contributed by atoms with Crippen molar-refractivity contribution in [2.75, 3.05) is 6.61 Å². The van der Waals surface area contributed by atoms with Crippen molar-refractivity contribution < 1.29 is 13.9 Å². The quantitative estimate of drug-likeness (QED) is 0.587. The number of hydrogen-bond donors (Lipinski definition) is 1. The lowest BCUT2D eigenvalue weighted by Crippen LogP contribution is -2.31. The predicted octanol–water partition coefficient (Wildman–Crippen LogP) is 4.24. The smallest absolute Gasteiger partial charge is 0.258 e. The molecule has 0 fully saturated rings. The number of benzene rings is 3. The Labute approximate surface area is 150 Å². The molecular weight excluding hydrogens is 328 g/mol. The summed E-state index contributed by atoms with van der Waals surface area (Å²) in [6, 6.07) is 20.9. The molecule has 0 saturated carbocycles. The average Bonchev–Trinajstić information content (AvgIpc) is 3.10. The molecule has 0 radical (unpaired) electrons. The number of oxazole rings is 1. The number of amides is 1. The van der Waals surface area contributed by atoms with Gasteiger partial charge in [0, 0.05) is 0 Å². The van der Waals surface area contributed by atoms with E-state index in [9.17, 15) is 4.79 Å². The van der Waals surface area contributed by atoms with E-state index in [4.69, 9.17) is 9.15 Å². The summed E-state index contributed by atoms with van der Waals surface area (Å²) >= 11 is 0. The number of rotatable bonds is 5. The molecular formula is C21H18N2O3. The molecule has 1 amide bonds. The first-order valence-corrected chi connectivity index (χ1v) is 8.45. The number of carbonyl (C=O) groups excluding carboxylic acids is 1. The van der Waals surface area contributed by atoms with Crippen molar-refractivity contribution in [3.05, 3.63) is 72.6 Å². The molecule has 4 rings (SSSR count). The third kappa shape index (κ3) is 3.37. The van der Waals surface area contributed by atoms with Crippen LogP contribution in [0, 0.1) is 0 Å². The molecule has 0 bridgehead atoms. The van der Waals surface area contributed by atoms with Gasteiger partial charge < -0.3 is 14.5 Å². The summed E-state index contributed by atoms with van der Waals surface area (Å²) in [5.41, 5.74) is 1.48. The van der Waals surface area contributed by atoms with Crippen molar-refractivity contribution >= 4 is 27.8 Å². The van der Waals surface area contributed by atoms with E-state index in [2.05, 4.69) is 10.3 Å². The average molecular weight is 346 g/mol. The van der Waals surface area contributed by atoms with Crippen LogP contribution in [-0.2, 0) is 4.79 Å². The second-order valence-electron chi connectivity index (χ2n) is 6.11. The Morgan fingerprint density at radius 1 is 1.08 bits per heavy atom. The van der Waals surface area contributed by atoms with Crippen molar-refractivity contribution in [2.24, 2.45) is 0 Å². The summed E-state index contributed by atoms with van der Waals surface area (Å²) < 4.78 is 11.3. The van der Waals surface area contributed by atoms with Crippen molar-refractivity contribution in [1.82, 2.24) is 10.3 Å². The van der Waals surface area contributed by atoms with E-state index in [0.717, 1.165) is 16.3 Å². The van der Waals surface area contributed by atoms with Crippen LogP contribution in [-0.4, -0.2) is 17.5 Å². The highest BCUT2D eigenvalue weighted by Crippen LogP contribution is 2.21. The van der Waals surface area contributed by atoms with E-state index < -0.39 is 0 Å². The van der Waals surface area contributed by atoms with E-state index in [-0.39, 0.29) is 18.6 Å². The monoisotopic (exact) mass is 346 g/mol. The second-order valence-corrected chi connectivity index (χ2v) is 6.11. The summed E-state index contributed by atoms with van der Waals surface area (Å²) in [4.78, 5) is 16.6. The molecule has 1 unspecified atom stereocenters. The molecule has 5 nitrogen and oxygen atoms in total. The predicted molar refractivity (Wildman–Crippen MR) is 100 cm³/mol. The Kier molecular flexibility index (Phi) is 4.27. The molecule has 0 aliphatic carbocycles. The van der Waals surface area contributed by atoms with Crippen molar-refractivity contribution in [1.29, 1.82) is 0 Å². The lowest BCUT2D eigenvalue weighted by Gasteiger charge is -2.11. The van der Waals surface area contributed by atoms with Gasteiger partial charge >= 0.3 is 0 Å². The van der Waals surface area contributed by atoms with Crippen LogP contribution in [0.5, 0.6) is 5.75 Å². The third-order valence-electron chi connectivity index (χ3n) is 4.15. The molecule has 1 heterocycles. The number of fused-ring (bicyclic) bond motifs is 2. The number of nitrogens with one attached hydrogen (secondary N) is 1. The van der Waals surface area contributed by atoms with E-state index in [0.29, 0.717) is 17.2 Å². The molecule has 130 valence electrons. The van der Waals surface area contributed by atoms with Gasteiger partial charge in [0.25, 0.3) is 5.91 Å². The van der Waals surface area contributed by atoms with Gasteiger partial charge in [-0.2, -0.15) is 0 Å². The first-order chi connectivity index (χ1) is 12.7. The maximum absolute atomic E-state index is 12.2. The molecule has 3 aromatic carbocycles. The van der Waals surface area contributed by atoms with Gasteiger partial charge in [-0.05, 0) is 42.0 Å². The number of hydrogen-bond acceptors (Lipinski definition) is 4. The third-order valence-corrected chi connectivity index (χ3v) is 4.15. The minimum absolute atomic E-state index is 0.0666. The molecule has 26 heavy (non-hydrogen) atoms. The van der Waals surface area contributed by atoms with Crippen molar-refractivity contribution in [3.8, 4) is 5.75 Å². The molecule has 1 atom stereocenters. The van der Waals surface area contributed by atoms with Gasteiger partial charge in [-0.15, -0.1) is 0 Å². The van der Waals surface area contributed by atoms with Crippen molar-refractivity contribution in [3.63, 3.8) is 0 Å². The largest absolute Gasteiger partial charge is 0.484 e. The number of carbonyl (C=O) groups is 1. The fourth-order valence-electron chi connectivity index (χ4n) is 2.83. The minimum Gasteiger partial charge on any atom is -0.484 e. The van der Waals surface area contributed by atoms with Gasteiger partial charge in [0.2, 0.25) is 5.89 Å². The Morgan fingerprint density at radius 3 is 2.69 bits per heavy atom. The topological polar surface area (TPSA) is 64.4 Å². The Bertz CT molecular complexity index is 1040. The molecule has 4 aromatic rings. The van der Waals surface area contributed by atoms with E-state index in [1.54, 1.807) is 0 Å². The van der Waals surface area contributed by atoms with Gasteiger partial charge in [-0.25, -0.2) is 4.98 Å². The number of nitrogens with zero attached hydrogens (tertiary/aromatic N) is 1. The zero-order valence-electron chi connectivity index (χ0n) is 14.3. The summed E-state index contributed by atoms with van der Waals surface area (Å²) in [7, 11) is 0. The first kappa shape index (κ1) is 16.1. The molecule has 0 saturated heterocycles. The lowest BCUT2D eigenvalue weighted by molar-refractivity contribution is -0.123. The lowest BCUT2D eigenvalue weighted by atomic mass is 10.1. The first-order valence-electron chi connectivity index (χ1n) is 8.45. The van der Waals surface area contributed by atoms with Gasteiger partial charge in [0.15, 0.2) is 12.2 Å². The second kappa shape index (κ2) is 6.88. The van der Waals surface area contributed by atoms with E-state index in [1.165, 1.54) is 0 Å². The minimum atomic E-state index is -0.338. The highest BCUT2D eigenvalue weighted by molar-refractivity contribution is 5.84. The van der Waals surface area contributed by atoms with Gasteiger partial charge in [-0.1, -0.05) is 42.5 Å². The van der Waals surface area contributed by atoms with Crippen LogP contribution in [0.2, 0.25) is 0 Å². The van der Waals surface area contributed by atoms with Gasteiger partial charge in [0.1, 0.15) is 17.3 Å². The van der Waals surface area contributed by atoms with E-state index in [1.807, 2.05) is 73.7 Å². The summed E-state index contributed by atoms with van der Waals surface area (Å²) in [5.74, 6) is 0.909. The number of aromatic nitrogens is 1. The zero-order valence-corrected chi connectivity index (χ0v) is 14.3. The van der Waals surface area contributed by atoms with Crippen molar-refractivity contribution in [2.45, 2.75) is 13.0 Å². The maximum Gasteiger partial charge on any atom is 0.258 e. The SMILES string of the molecule is CC(NC(=O)COc1ccc2ccccc2c1)c1nc2ccccc2o1. The Hall–Kier alpha value is -3.34. The molecule has 0 spiro atoms. The summed E-state index contributed by atoms with van der Waals surface area (Å²) in [6.07, 6.45) is 0. The number of para-hydroxylation sites is 2.